The van der Waals surface area contributed by atoms with Gasteiger partial charge in [-0.1, -0.05) is 41.4 Å². The number of ether oxygens (including phenoxy) is 1. The molecule has 5 heteroatoms. The summed E-state index contributed by atoms with van der Waals surface area (Å²) in [5.74, 6) is 0.551. The third kappa shape index (κ3) is 1.95. The standard InChI is InChI=1S/C14H10Cl2N2O/c1-19-11-7-6-9(12(15)13(11)16)14-8-4-2-3-5-10(8)17-18-14/h2-7H,1H3,(H,17,18). The third-order valence-electron chi connectivity index (χ3n) is 2.99. The van der Waals surface area contributed by atoms with Gasteiger partial charge in [-0.2, -0.15) is 5.10 Å². The number of fused-ring (bicyclic) bond motifs is 1. The number of aromatic nitrogens is 2. The Kier molecular flexibility index (Phi) is 3.09. The highest BCUT2D eigenvalue weighted by atomic mass is 35.5. The first-order chi connectivity index (χ1) is 9.22. The molecule has 0 saturated carbocycles. The van der Waals surface area contributed by atoms with Crippen molar-refractivity contribution in [3.05, 3.63) is 46.4 Å². The Hall–Kier alpha value is -1.71. The average molecular weight is 293 g/mol. The van der Waals surface area contributed by atoms with E-state index in [0.29, 0.717) is 15.8 Å². The highest BCUT2D eigenvalue weighted by Gasteiger charge is 2.15. The molecule has 0 fully saturated rings. The maximum atomic E-state index is 6.30. The lowest BCUT2D eigenvalue weighted by Gasteiger charge is -2.08. The lowest BCUT2D eigenvalue weighted by Crippen LogP contribution is -1.88. The van der Waals surface area contributed by atoms with Gasteiger partial charge in [0.05, 0.1) is 17.6 Å². The van der Waals surface area contributed by atoms with E-state index in [9.17, 15) is 0 Å². The number of hydrogen-bond donors (Lipinski definition) is 1. The second kappa shape index (κ2) is 4.76. The normalized spacial score (nSPS) is 10.9. The van der Waals surface area contributed by atoms with Crippen LogP contribution in [0.15, 0.2) is 36.4 Å². The molecule has 0 radical (unpaired) electrons. The predicted molar refractivity (Wildman–Crippen MR) is 78.1 cm³/mol. The van der Waals surface area contributed by atoms with Gasteiger partial charge in [0.25, 0.3) is 0 Å². The van der Waals surface area contributed by atoms with E-state index in [4.69, 9.17) is 27.9 Å². The molecule has 1 N–H and O–H groups in total. The minimum Gasteiger partial charge on any atom is -0.495 e. The quantitative estimate of drug-likeness (QED) is 0.753. The van der Waals surface area contributed by atoms with Crippen LogP contribution in [0, 0.1) is 0 Å². The van der Waals surface area contributed by atoms with Crippen molar-refractivity contribution in [2.45, 2.75) is 0 Å². The minimum atomic E-state index is 0.397. The molecule has 0 unspecified atom stereocenters. The number of benzene rings is 2. The third-order valence-corrected chi connectivity index (χ3v) is 3.86. The highest BCUT2D eigenvalue weighted by molar-refractivity contribution is 6.44. The first-order valence-corrected chi connectivity index (χ1v) is 6.43. The van der Waals surface area contributed by atoms with E-state index in [1.165, 1.54) is 0 Å². The maximum Gasteiger partial charge on any atom is 0.139 e. The zero-order valence-corrected chi connectivity index (χ0v) is 11.6. The first-order valence-electron chi connectivity index (χ1n) is 5.68. The summed E-state index contributed by atoms with van der Waals surface area (Å²) in [5.41, 5.74) is 2.52. The van der Waals surface area contributed by atoms with Crippen LogP contribution in [-0.4, -0.2) is 17.3 Å². The lowest BCUT2D eigenvalue weighted by atomic mass is 10.1. The largest absolute Gasteiger partial charge is 0.495 e. The van der Waals surface area contributed by atoms with Gasteiger partial charge in [-0.25, -0.2) is 0 Å². The minimum absolute atomic E-state index is 0.397. The topological polar surface area (TPSA) is 37.9 Å². The monoisotopic (exact) mass is 292 g/mol. The van der Waals surface area contributed by atoms with E-state index in [1.807, 2.05) is 30.3 Å². The molecule has 0 bridgehead atoms. The van der Waals surface area contributed by atoms with Gasteiger partial charge in [-0.15, -0.1) is 0 Å². The molecule has 0 spiro atoms. The van der Waals surface area contributed by atoms with Crippen molar-refractivity contribution in [2.75, 3.05) is 7.11 Å². The molecule has 2 aromatic carbocycles. The molecule has 0 aliphatic heterocycles. The van der Waals surface area contributed by atoms with Crippen LogP contribution in [0.1, 0.15) is 0 Å². The molecule has 19 heavy (non-hydrogen) atoms. The van der Waals surface area contributed by atoms with Gasteiger partial charge in [-0.3, -0.25) is 5.10 Å². The van der Waals surface area contributed by atoms with Crippen LogP contribution in [0.2, 0.25) is 10.0 Å². The Morgan fingerprint density at radius 1 is 1.05 bits per heavy atom. The molecule has 1 aromatic heterocycles. The fourth-order valence-electron chi connectivity index (χ4n) is 2.04. The van der Waals surface area contributed by atoms with Gasteiger partial charge >= 0.3 is 0 Å². The van der Waals surface area contributed by atoms with Crippen molar-refractivity contribution in [2.24, 2.45) is 0 Å². The zero-order chi connectivity index (χ0) is 13.4. The molecular weight excluding hydrogens is 283 g/mol. The summed E-state index contributed by atoms with van der Waals surface area (Å²) >= 11 is 12.5. The Morgan fingerprint density at radius 3 is 2.63 bits per heavy atom. The summed E-state index contributed by atoms with van der Waals surface area (Å²) in [6.45, 7) is 0. The average Bonchev–Trinajstić information content (AvgIpc) is 2.86. The van der Waals surface area contributed by atoms with E-state index in [-0.39, 0.29) is 0 Å². The maximum absolute atomic E-state index is 6.30. The molecule has 1 heterocycles. The molecule has 3 rings (SSSR count). The van der Waals surface area contributed by atoms with Crippen molar-refractivity contribution in [3.8, 4) is 17.0 Å². The highest BCUT2D eigenvalue weighted by Crippen LogP contribution is 2.40. The molecule has 0 aliphatic carbocycles. The molecule has 3 nitrogen and oxygen atoms in total. The number of nitrogens with one attached hydrogen (secondary N) is 1. The van der Waals surface area contributed by atoms with Crippen LogP contribution in [-0.2, 0) is 0 Å². The predicted octanol–water partition coefficient (Wildman–Crippen LogP) is 4.55. The fraction of sp³-hybridized carbons (Fsp3) is 0.0714. The lowest BCUT2D eigenvalue weighted by molar-refractivity contribution is 0.415. The molecule has 0 atom stereocenters. The number of hydrogen-bond acceptors (Lipinski definition) is 2. The van der Waals surface area contributed by atoms with Crippen molar-refractivity contribution in [1.29, 1.82) is 0 Å². The number of para-hydroxylation sites is 1. The summed E-state index contributed by atoms with van der Waals surface area (Å²) < 4.78 is 5.14. The number of rotatable bonds is 2. The van der Waals surface area contributed by atoms with Crippen LogP contribution in [0.5, 0.6) is 5.75 Å². The fourth-order valence-corrected chi connectivity index (χ4v) is 2.53. The smallest absolute Gasteiger partial charge is 0.139 e. The zero-order valence-electron chi connectivity index (χ0n) is 10.1. The van der Waals surface area contributed by atoms with Gasteiger partial charge in [-0.05, 0) is 18.2 Å². The molecule has 96 valence electrons. The molecular formula is C14H10Cl2N2O. The van der Waals surface area contributed by atoms with Gasteiger partial charge in [0.1, 0.15) is 16.5 Å². The number of halogens is 2. The second-order valence-corrected chi connectivity index (χ2v) is 4.82. The SMILES string of the molecule is COc1ccc(-c2n[nH]c3ccccc23)c(Cl)c1Cl. The number of methoxy groups -OCH3 is 1. The van der Waals surface area contributed by atoms with Crippen LogP contribution in [0.25, 0.3) is 22.2 Å². The molecule has 0 aliphatic rings. The van der Waals surface area contributed by atoms with Gasteiger partial charge in [0.2, 0.25) is 0 Å². The van der Waals surface area contributed by atoms with E-state index in [1.54, 1.807) is 13.2 Å². The van der Waals surface area contributed by atoms with Gasteiger partial charge < -0.3 is 4.74 Å². The summed E-state index contributed by atoms with van der Waals surface area (Å²) in [6.07, 6.45) is 0. The molecule has 0 amide bonds. The Balaban J connectivity index is 2.25. The van der Waals surface area contributed by atoms with Crippen LogP contribution in [0.4, 0.5) is 0 Å². The second-order valence-electron chi connectivity index (χ2n) is 4.06. The Labute approximate surface area is 120 Å². The molecule has 3 aromatic rings. The Morgan fingerprint density at radius 2 is 1.84 bits per heavy atom. The summed E-state index contributed by atoms with van der Waals surface area (Å²) in [7, 11) is 1.56. The summed E-state index contributed by atoms with van der Waals surface area (Å²) in [6, 6.07) is 11.5. The molecule has 0 saturated heterocycles. The van der Waals surface area contributed by atoms with Crippen molar-refractivity contribution < 1.29 is 4.74 Å². The Bertz CT molecular complexity index is 752. The van der Waals surface area contributed by atoms with Crippen molar-refractivity contribution >= 4 is 34.1 Å². The van der Waals surface area contributed by atoms with Gasteiger partial charge in [0.15, 0.2) is 0 Å². The summed E-state index contributed by atoms with van der Waals surface area (Å²) in [4.78, 5) is 0. The van der Waals surface area contributed by atoms with Crippen LogP contribution >= 0.6 is 23.2 Å². The van der Waals surface area contributed by atoms with Crippen molar-refractivity contribution in [3.63, 3.8) is 0 Å². The number of aromatic amines is 1. The van der Waals surface area contributed by atoms with Crippen LogP contribution in [0.3, 0.4) is 0 Å². The van der Waals surface area contributed by atoms with Crippen molar-refractivity contribution in [1.82, 2.24) is 10.2 Å². The van der Waals surface area contributed by atoms with E-state index in [2.05, 4.69) is 10.2 Å². The van der Waals surface area contributed by atoms with Gasteiger partial charge in [0, 0.05) is 10.9 Å². The number of nitrogens with zero attached hydrogens (tertiary/aromatic N) is 1. The van der Waals surface area contributed by atoms with E-state index >= 15 is 0 Å². The number of H-pyrrole nitrogens is 1. The van der Waals surface area contributed by atoms with Crippen LogP contribution < -0.4 is 4.74 Å². The summed E-state index contributed by atoms with van der Waals surface area (Å²) in [5, 5.41) is 9.14. The van der Waals surface area contributed by atoms with E-state index in [0.717, 1.165) is 22.2 Å². The first kappa shape index (κ1) is 12.3. The van der Waals surface area contributed by atoms with E-state index < -0.39 is 0 Å².